The second-order valence-electron chi connectivity index (χ2n) is 6.02. The zero-order chi connectivity index (χ0) is 19.0. The third kappa shape index (κ3) is 3.55. The molecular weight excluding hydrogens is 388 g/mol. The number of carboxylic acids is 1. The fourth-order valence-corrected chi connectivity index (χ4v) is 4.21. The van der Waals surface area contributed by atoms with Crippen molar-refractivity contribution in [1.29, 1.82) is 0 Å². The van der Waals surface area contributed by atoms with Crippen LogP contribution in [0.25, 0.3) is 22.2 Å². The number of aromatic nitrogens is 3. The molecule has 4 rings (SSSR count). The van der Waals surface area contributed by atoms with Gasteiger partial charge in [0.15, 0.2) is 11.0 Å². The molecule has 0 bridgehead atoms. The smallest absolute Gasteiger partial charge is 0.304 e. The number of nitrogen functional groups attached to an aromatic ring is 1. The first-order valence-corrected chi connectivity index (χ1v) is 9.56. The number of rotatable bonds is 5. The number of anilines is 1. The molecule has 1 aromatic heterocycles. The normalized spacial score (nSPS) is 13.1. The van der Waals surface area contributed by atoms with Crippen molar-refractivity contribution in [2.75, 3.05) is 11.5 Å². The summed E-state index contributed by atoms with van der Waals surface area (Å²) in [6, 6.07) is 7.83. The molecule has 1 aliphatic rings. The van der Waals surface area contributed by atoms with Gasteiger partial charge in [0.25, 0.3) is 0 Å². The van der Waals surface area contributed by atoms with Crippen molar-refractivity contribution < 1.29 is 14.6 Å². The summed E-state index contributed by atoms with van der Waals surface area (Å²) in [5.74, 6) is -0.0931. The fraction of sp³-hybridized carbons (Fsp3) is 0.222. The van der Waals surface area contributed by atoms with E-state index < -0.39 is 5.97 Å². The van der Waals surface area contributed by atoms with Gasteiger partial charge in [0.1, 0.15) is 0 Å². The average molecular weight is 403 g/mol. The lowest BCUT2D eigenvalue weighted by Gasteiger charge is -2.20. The molecule has 0 atom stereocenters. The number of carboxylic acid groups (broad SMARTS) is 1. The second-order valence-corrected chi connectivity index (χ2v) is 7.49. The highest BCUT2D eigenvalue weighted by atomic mass is 35.5. The average Bonchev–Trinajstić information content (AvgIpc) is 2.61. The number of thioether (sulfide) groups is 1. The molecule has 3 aromatic rings. The van der Waals surface area contributed by atoms with Gasteiger partial charge in [-0.15, -0.1) is 0 Å². The zero-order valence-electron chi connectivity index (χ0n) is 14.1. The van der Waals surface area contributed by atoms with E-state index in [9.17, 15) is 4.79 Å². The van der Waals surface area contributed by atoms with Crippen molar-refractivity contribution >= 4 is 46.1 Å². The highest BCUT2D eigenvalue weighted by molar-refractivity contribution is 7.99. The molecule has 27 heavy (non-hydrogen) atoms. The molecule has 0 fully saturated rings. The lowest BCUT2D eigenvalue weighted by Crippen LogP contribution is -2.07. The molecule has 1 aliphatic heterocycles. The van der Waals surface area contributed by atoms with Gasteiger partial charge >= 0.3 is 5.97 Å². The van der Waals surface area contributed by atoms with E-state index in [1.165, 1.54) is 11.8 Å². The quantitative estimate of drug-likeness (QED) is 0.623. The van der Waals surface area contributed by atoms with E-state index in [0.29, 0.717) is 40.5 Å². The summed E-state index contributed by atoms with van der Waals surface area (Å²) in [6.07, 6.45) is 0.00727. The van der Waals surface area contributed by atoms with Crippen molar-refractivity contribution in [2.45, 2.75) is 24.8 Å². The maximum Gasteiger partial charge on any atom is 0.304 e. The number of nitrogens with zero attached hydrogens (tertiary/aromatic N) is 3. The summed E-state index contributed by atoms with van der Waals surface area (Å²) in [7, 11) is 0. The summed E-state index contributed by atoms with van der Waals surface area (Å²) in [6.45, 7) is 1.05. The Morgan fingerprint density at radius 1 is 1.26 bits per heavy atom. The second kappa shape index (κ2) is 7.30. The molecule has 9 heteroatoms. The van der Waals surface area contributed by atoms with Gasteiger partial charge in [-0.2, -0.15) is 9.97 Å². The lowest BCUT2D eigenvalue weighted by molar-refractivity contribution is -0.136. The number of ether oxygens (including phenoxy) is 1. The van der Waals surface area contributed by atoms with E-state index in [0.717, 1.165) is 21.9 Å². The van der Waals surface area contributed by atoms with E-state index in [1.54, 1.807) is 0 Å². The minimum absolute atomic E-state index is 0.00727. The SMILES string of the molecule is Nc1nc(SCCC(=O)O)nc(-c2c(Cl)cc3c4c(cccc24)COC3)n1. The predicted octanol–water partition coefficient (Wildman–Crippen LogP) is 3.52. The Kier molecular flexibility index (Phi) is 4.86. The number of hydrogen-bond acceptors (Lipinski definition) is 7. The summed E-state index contributed by atoms with van der Waals surface area (Å²) in [4.78, 5) is 23.5. The van der Waals surface area contributed by atoms with E-state index in [1.807, 2.05) is 24.3 Å². The molecule has 2 heterocycles. The summed E-state index contributed by atoms with van der Waals surface area (Å²) < 4.78 is 5.62. The molecule has 0 radical (unpaired) electrons. The highest BCUT2D eigenvalue weighted by Gasteiger charge is 2.21. The third-order valence-electron chi connectivity index (χ3n) is 4.20. The molecule has 138 valence electrons. The van der Waals surface area contributed by atoms with Crippen LogP contribution in [0, 0.1) is 0 Å². The molecule has 0 unspecified atom stereocenters. The van der Waals surface area contributed by atoms with Crippen LogP contribution in [-0.4, -0.2) is 31.8 Å². The first-order chi connectivity index (χ1) is 13.0. The Balaban J connectivity index is 1.83. The van der Waals surface area contributed by atoms with Gasteiger partial charge in [0, 0.05) is 11.3 Å². The lowest BCUT2D eigenvalue weighted by atomic mass is 9.94. The number of aliphatic carboxylic acids is 1. The van der Waals surface area contributed by atoms with Crippen LogP contribution in [0.4, 0.5) is 5.95 Å². The van der Waals surface area contributed by atoms with Crippen molar-refractivity contribution in [3.8, 4) is 11.4 Å². The summed E-state index contributed by atoms with van der Waals surface area (Å²) in [5, 5.41) is 11.7. The van der Waals surface area contributed by atoms with Crippen LogP contribution in [0.5, 0.6) is 0 Å². The largest absolute Gasteiger partial charge is 0.481 e. The molecular formula is C18H15ClN4O3S. The Morgan fingerprint density at radius 2 is 2.07 bits per heavy atom. The first kappa shape index (κ1) is 18.0. The van der Waals surface area contributed by atoms with Crippen molar-refractivity contribution in [3.63, 3.8) is 0 Å². The minimum Gasteiger partial charge on any atom is -0.481 e. The van der Waals surface area contributed by atoms with Crippen LogP contribution in [0.2, 0.25) is 5.02 Å². The summed E-state index contributed by atoms with van der Waals surface area (Å²) >= 11 is 7.79. The molecule has 7 nitrogen and oxygen atoms in total. The standard InChI is InChI=1S/C18H15ClN4O3S/c19-12-6-10-8-26-7-9-2-1-3-11(14(9)10)15(12)16-21-17(20)23-18(22-16)27-5-4-13(24)25/h1-3,6H,4-5,7-8H2,(H,24,25)(H2,20,21,22,23). The van der Waals surface area contributed by atoms with Crippen LogP contribution in [0.15, 0.2) is 29.4 Å². The number of nitrogens with two attached hydrogens (primary N) is 1. The van der Waals surface area contributed by atoms with Crippen molar-refractivity contribution in [3.05, 3.63) is 40.4 Å². The number of carbonyl (C=O) groups is 1. The zero-order valence-corrected chi connectivity index (χ0v) is 15.7. The van der Waals surface area contributed by atoms with Gasteiger partial charge in [-0.1, -0.05) is 41.6 Å². The van der Waals surface area contributed by atoms with Crippen molar-refractivity contribution in [2.24, 2.45) is 0 Å². The summed E-state index contributed by atoms with van der Waals surface area (Å²) in [5.41, 5.74) is 8.67. The minimum atomic E-state index is -0.876. The maximum atomic E-state index is 10.7. The Bertz CT molecular complexity index is 1060. The third-order valence-corrected chi connectivity index (χ3v) is 5.35. The van der Waals surface area contributed by atoms with E-state index >= 15 is 0 Å². The molecule has 0 aliphatic carbocycles. The van der Waals surface area contributed by atoms with E-state index in [2.05, 4.69) is 15.0 Å². The Labute approximate surface area is 163 Å². The van der Waals surface area contributed by atoms with Gasteiger partial charge in [-0.25, -0.2) is 4.98 Å². The first-order valence-electron chi connectivity index (χ1n) is 8.20. The topological polar surface area (TPSA) is 111 Å². The number of benzene rings is 2. The van der Waals surface area contributed by atoms with Crippen LogP contribution in [-0.2, 0) is 22.7 Å². The van der Waals surface area contributed by atoms with E-state index in [4.69, 9.17) is 27.2 Å². The van der Waals surface area contributed by atoms with Crippen LogP contribution < -0.4 is 5.73 Å². The molecule has 3 N–H and O–H groups in total. The highest BCUT2D eigenvalue weighted by Crippen LogP contribution is 2.39. The van der Waals surface area contributed by atoms with Gasteiger partial charge < -0.3 is 15.6 Å². The Hall–Kier alpha value is -2.42. The molecule has 0 saturated heterocycles. The molecule has 0 spiro atoms. The Morgan fingerprint density at radius 3 is 2.89 bits per heavy atom. The van der Waals surface area contributed by atoms with Gasteiger partial charge in [-0.3, -0.25) is 4.79 Å². The van der Waals surface area contributed by atoms with Gasteiger partial charge in [-0.05, 0) is 28.0 Å². The molecule has 0 amide bonds. The number of halogens is 1. The van der Waals surface area contributed by atoms with Crippen LogP contribution in [0.3, 0.4) is 0 Å². The monoisotopic (exact) mass is 402 g/mol. The van der Waals surface area contributed by atoms with Gasteiger partial charge in [0.05, 0.1) is 24.7 Å². The molecule has 2 aromatic carbocycles. The molecule has 0 saturated carbocycles. The fourth-order valence-electron chi connectivity index (χ4n) is 3.12. The van der Waals surface area contributed by atoms with E-state index in [-0.39, 0.29) is 12.4 Å². The van der Waals surface area contributed by atoms with Gasteiger partial charge in [0.2, 0.25) is 5.95 Å². The van der Waals surface area contributed by atoms with Crippen LogP contribution >= 0.6 is 23.4 Å². The maximum absolute atomic E-state index is 10.7. The van der Waals surface area contributed by atoms with Crippen LogP contribution in [0.1, 0.15) is 17.5 Å². The predicted molar refractivity (Wildman–Crippen MR) is 104 cm³/mol. The number of hydrogen-bond donors (Lipinski definition) is 2. The van der Waals surface area contributed by atoms with Crippen molar-refractivity contribution in [1.82, 2.24) is 15.0 Å².